The first-order valence-corrected chi connectivity index (χ1v) is 8.82. The van der Waals surface area contributed by atoms with Crippen LogP contribution in [0.3, 0.4) is 0 Å². The maximum Gasteiger partial charge on any atom is 0.230 e. The molecule has 3 rings (SSSR count). The Morgan fingerprint density at radius 3 is 3.00 bits per heavy atom. The molecule has 4 atom stereocenters. The van der Waals surface area contributed by atoms with Crippen molar-refractivity contribution in [2.24, 2.45) is 17.8 Å². The van der Waals surface area contributed by atoms with E-state index in [2.05, 4.69) is 22.2 Å². The van der Waals surface area contributed by atoms with Crippen molar-refractivity contribution in [3.05, 3.63) is 18.0 Å². The number of aromatic nitrogens is 2. The fourth-order valence-corrected chi connectivity index (χ4v) is 4.62. The molecular formula is C16H23N3OS. The van der Waals surface area contributed by atoms with E-state index in [9.17, 15) is 4.79 Å². The van der Waals surface area contributed by atoms with Gasteiger partial charge in [-0.3, -0.25) is 4.79 Å². The first-order chi connectivity index (χ1) is 10.1. The van der Waals surface area contributed by atoms with E-state index in [-0.39, 0.29) is 5.91 Å². The molecule has 0 aliphatic heterocycles. The highest BCUT2D eigenvalue weighted by molar-refractivity contribution is 7.99. The third-order valence-corrected chi connectivity index (χ3v) is 5.79. The molecule has 0 saturated heterocycles. The van der Waals surface area contributed by atoms with Crippen LogP contribution in [0.1, 0.15) is 38.3 Å². The Labute approximate surface area is 130 Å². The predicted octanol–water partition coefficient (Wildman–Crippen LogP) is 2.82. The summed E-state index contributed by atoms with van der Waals surface area (Å²) in [5, 5.41) is 3.85. The normalized spacial score (nSPS) is 28.6. The molecular weight excluding hydrogens is 282 g/mol. The Bertz CT molecular complexity index is 522. The molecule has 1 N–H and O–H groups in total. The Kier molecular flexibility index (Phi) is 4.48. The molecule has 1 heterocycles. The molecule has 1 aromatic rings. The number of carbonyl (C=O) groups is 1. The van der Waals surface area contributed by atoms with Crippen LogP contribution in [0.25, 0.3) is 0 Å². The van der Waals surface area contributed by atoms with E-state index < -0.39 is 0 Å². The zero-order valence-corrected chi connectivity index (χ0v) is 13.5. The van der Waals surface area contributed by atoms with Crippen LogP contribution in [0.15, 0.2) is 17.4 Å². The molecule has 21 heavy (non-hydrogen) atoms. The highest BCUT2D eigenvalue weighted by atomic mass is 32.2. The molecule has 2 fully saturated rings. The van der Waals surface area contributed by atoms with Gasteiger partial charge >= 0.3 is 0 Å². The van der Waals surface area contributed by atoms with Crippen molar-refractivity contribution in [3.8, 4) is 0 Å². The monoisotopic (exact) mass is 305 g/mol. The van der Waals surface area contributed by atoms with Crippen molar-refractivity contribution in [1.82, 2.24) is 15.3 Å². The van der Waals surface area contributed by atoms with Gasteiger partial charge in [0.15, 0.2) is 5.16 Å². The summed E-state index contributed by atoms with van der Waals surface area (Å²) in [6.45, 7) is 4.10. The first kappa shape index (κ1) is 14.8. The smallest absolute Gasteiger partial charge is 0.230 e. The van der Waals surface area contributed by atoms with Gasteiger partial charge in [-0.05, 0) is 56.9 Å². The zero-order valence-electron chi connectivity index (χ0n) is 12.7. The fraction of sp³-hybridized carbons (Fsp3) is 0.688. The molecule has 1 amide bonds. The number of carbonyl (C=O) groups excluding carboxylic acids is 1. The molecule has 2 saturated carbocycles. The average molecular weight is 305 g/mol. The number of amides is 1. The highest BCUT2D eigenvalue weighted by Crippen LogP contribution is 2.49. The third kappa shape index (κ3) is 3.57. The second-order valence-electron chi connectivity index (χ2n) is 6.46. The molecule has 0 aromatic carbocycles. The largest absolute Gasteiger partial charge is 0.353 e. The molecule has 2 aliphatic carbocycles. The van der Waals surface area contributed by atoms with Gasteiger partial charge in [-0.25, -0.2) is 9.97 Å². The number of aryl methyl sites for hydroxylation is 1. The number of nitrogens with one attached hydrogen (secondary N) is 1. The summed E-state index contributed by atoms with van der Waals surface area (Å²) in [5.74, 6) is 2.95. The molecule has 4 nitrogen and oxygen atoms in total. The van der Waals surface area contributed by atoms with Gasteiger partial charge in [-0.2, -0.15) is 0 Å². The lowest BCUT2D eigenvalue weighted by atomic mass is 9.84. The Morgan fingerprint density at radius 1 is 1.48 bits per heavy atom. The van der Waals surface area contributed by atoms with Crippen LogP contribution in [-0.4, -0.2) is 27.7 Å². The second-order valence-corrected chi connectivity index (χ2v) is 7.41. The van der Waals surface area contributed by atoms with E-state index in [0.717, 1.165) is 17.5 Å². The summed E-state index contributed by atoms with van der Waals surface area (Å²) in [4.78, 5) is 20.6. The van der Waals surface area contributed by atoms with Crippen LogP contribution in [-0.2, 0) is 4.79 Å². The van der Waals surface area contributed by atoms with Crippen LogP contribution >= 0.6 is 11.8 Å². The number of nitrogens with zero attached hydrogens (tertiary/aromatic N) is 2. The Morgan fingerprint density at radius 2 is 2.33 bits per heavy atom. The molecule has 5 heteroatoms. The second kappa shape index (κ2) is 6.34. The van der Waals surface area contributed by atoms with E-state index in [1.807, 2.05) is 13.0 Å². The van der Waals surface area contributed by atoms with E-state index in [1.54, 1.807) is 6.20 Å². The van der Waals surface area contributed by atoms with Crippen molar-refractivity contribution in [2.75, 3.05) is 5.75 Å². The van der Waals surface area contributed by atoms with Crippen LogP contribution < -0.4 is 5.32 Å². The number of hydrogen-bond donors (Lipinski definition) is 1. The molecule has 0 radical (unpaired) electrons. The van der Waals surface area contributed by atoms with Crippen LogP contribution in [0.5, 0.6) is 0 Å². The summed E-state index contributed by atoms with van der Waals surface area (Å²) in [6.07, 6.45) is 7.20. The van der Waals surface area contributed by atoms with Gasteiger partial charge in [0.2, 0.25) is 5.91 Å². The minimum atomic E-state index is 0.0976. The minimum absolute atomic E-state index is 0.0976. The van der Waals surface area contributed by atoms with Crippen molar-refractivity contribution < 1.29 is 4.79 Å². The quantitative estimate of drug-likeness (QED) is 0.671. The highest BCUT2D eigenvalue weighted by Gasteiger charge is 2.42. The summed E-state index contributed by atoms with van der Waals surface area (Å²) in [6, 6.07) is 2.16. The lowest BCUT2D eigenvalue weighted by molar-refractivity contribution is -0.119. The van der Waals surface area contributed by atoms with Gasteiger partial charge in [0.05, 0.1) is 5.75 Å². The van der Waals surface area contributed by atoms with Gasteiger partial charge in [0, 0.05) is 17.9 Å². The SMILES string of the molecule is Cc1ccnc(SCC(=O)NC(C)C2CC3CCC2C3)n1. The minimum Gasteiger partial charge on any atom is -0.353 e. The lowest BCUT2D eigenvalue weighted by Crippen LogP contribution is -2.40. The molecule has 1 aromatic heterocycles. The molecule has 0 spiro atoms. The predicted molar refractivity (Wildman–Crippen MR) is 84.0 cm³/mol. The van der Waals surface area contributed by atoms with Crippen LogP contribution in [0.4, 0.5) is 0 Å². The number of rotatable bonds is 5. The van der Waals surface area contributed by atoms with Gasteiger partial charge < -0.3 is 5.32 Å². The number of thioether (sulfide) groups is 1. The van der Waals surface area contributed by atoms with Crippen molar-refractivity contribution in [3.63, 3.8) is 0 Å². The third-order valence-electron chi connectivity index (χ3n) is 4.93. The van der Waals surface area contributed by atoms with Crippen molar-refractivity contribution in [2.45, 2.75) is 50.7 Å². The van der Waals surface area contributed by atoms with Gasteiger partial charge in [-0.15, -0.1) is 0 Å². The van der Waals surface area contributed by atoms with Gasteiger partial charge in [0.1, 0.15) is 0 Å². The zero-order chi connectivity index (χ0) is 14.8. The number of fused-ring (bicyclic) bond motifs is 2. The van der Waals surface area contributed by atoms with Crippen molar-refractivity contribution >= 4 is 17.7 Å². The first-order valence-electron chi connectivity index (χ1n) is 7.83. The summed E-state index contributed by atoms with van der Waals surface area (Å²) >= 11 is 1.41. The summed E-state index contributed by atoms with van der Waals surface area (Å²) in [7, 11) is 0. The summed E-state index contributed by atoms with van der Waals surface area (Å²) < 4.78 is 0. The standard InChI is InChI=1S/C16H23N3OS/c1-10-5-6-17-16(18-10)21-9-15(20)19-11(2)14-8-12-3-4-13(14)7-12/h5-6,11-14H,3-4,7-9H2,1-2H3,(H,19,20). The van der Waals surface area contributed by atoms with Crippen molar-refractivity contribution in [1.29, 1.82) is 0 Å². The van der Waals surface area contributed by atoms with E-state index in [4.69, 9.17) is 0 Å². The van der Waals surface area contributed by atoms with Gasteiger partial charge in [-0.1, -0.05) is 18.2 Å². The summed E-state index contributed by atoms with van der Waals surface area (Å²) in [5.41, 5.74) is 0.934. The topological polar surface area (TPSA) is 54.9 Å². The van der Waals surface area contributed by atoms with E-state index >= 15 is 0 Å². The van der Waals surface area contributed by atoms with Gasteiger partial charge in [0.25, 0.3) is 0 Å². The van der Waals surface area contributed by atoms with Crippen LogP contribution in [0, 0.1) is 24.7 Å². The average Bonchev–Trinajstić information content (AvgIpc) is 3.08. The maximum absolute atomic E-state index is 12.1. The Balaban J connectivity index is 1.46. The molecule has 4 unspecified atom stereocenters. The fourth-order valence-electron chi connectivity index (χ4n) is 3.93. The van der Waals surface area contributed by atoms with E-state index in [1.165, 1.54) is 37.4 Å². The van der Waals surface area contributed by atoms with Crippen LogP contribution in [0.2, 0.25) is 0 Å². The van der Waals surface area contributed by atoms with E-state index in [0.29, 0.717) is 22.9 Å². The molecule has 2 bridgehead atoms. The molecule has 114 valence electrons. The number of hydrogen-bond acceptors (Lipinski definition) is 4. The maximum atomic E-state index is 12.1. The Hall–Kier alpha value is -1.10. The lowest BCUT2D eigenvalue weighted by Gasteiger charge is -2.28. The molecule has 2 aliphatic rings.